The molecule has 0 bridgehead atoms. The average molecular weight is 406 g/mol. The molecule has 1 aromatic carbocycles. The van der Waals surface area contributed by atoms with Crippen molar-refractivity contribution in [3.05, 3.63) is 81.5 Å². The van der Waals surface area contributed by atoms with Crippen molar-refractivity contribution >= 4 is 23.2 Å². The number of carbonyl (C=O) groups is 1. The molecule has 28 heavy (non-hydrogen) atoms. The van der Waals surface area contributed by atoms with Gasteiger partial charge in [0.25, 0.3) is 11.5 Å². The predicted molar refractivity (Wildman–Crippen MR) is 99.8 cm³/mol. The van der Waals surface area contributed by atoms with E-state index in [4.69, 9.17) is 11.6 Å². The van der Waals surface area contributed by atoms with Gasteiger partial charge in [-0.15, -0.1) is 0 Å². The minimum Gasteiger partial charge on any atom is -0.381 e. The van der Waals surface area contributed by atoms with Crippen LogP contribution in [0.4, 0.5) is 14.5 Å². The van der Waals surface area contributed by atoms with Crippen LogP contribution < -0.4 is 16.2 Å². The van der Waals surface area contributed by atoms with Crippen LogP contribution in [0.1, 0.15) is 10.4 Å². The first-order valence-electron chi connectivity index (χ1n) is 8.12. The Hall–Kier alpha value is -3.33. The number of pyridine rings is 1. The molecular weight excluding hydrogens is 392 g/mol. The number of aromatic nitrogens is 3. The van der Waals surface area contributed by atoms with Crippen LogP contribution in [0.25, 0.3) is 5.69 Å². The second-order valence-corrected chi connectivity index (χ2v) is 5.99. The molecule has 0 aliphatic carbocycles. The van der Waals surface area contributed by atoms with E-state index in [0.717, 1.165) is 16.8 Å². The molecule has 0 fully saturated rings. The molecule has 0 atom stereocenters. The number of amides is 1. The summed E-state index contributed by atoms with van der Waals surface area (Å²) in [6, 6.07) is 6.03. The first-order valence-corrected chi connectivity index (χ1v) is 8.50. The molecule has 0 aliphatic rings. The Labute approximate surface area is 163 Å². The molecule has 10 heteroatoms. The van der Waals surface area contributed by atoms with E-state index in [1.165, 1.54) is 12.4 Å². The Balaban J connectivity index is 1.65. The zero-order chi connectivity index (χ0) is 20.1. The molecule has 2 aromatic heterocycles. The molecule has 0 saturated heterocycles. The number of halogens is 3. The second-order valence-electron chi connectivity index (χ2n) is 5.61. The molecule has 0 aliphatic heterocycles. The van der Waals surface area contributed by atoms with Crippen LogP contribution >= 0.6 is 11.6 Å². The first-order chi connectivity index (χ1) is 13.5. The third-order valence-electron chi connectivity index (χ3n) is 3.71. The maximum atomic E-state index is 13.9. The largest absolute Gasteiger partial charge is 0.381 e. The van der Waals surface area contributed by atoms with E-state index >= 15 is 0 Å². The van der Waals surface area contributed by atoms with Crippen molar-refractivity contribution in [2.75, 3.05) is 18.4 Å². The fraction of sp³-hybridized carbons (Fsp3) is 0.111. The topological polar surface area (TPSA) is 88.9 Å². The van der Waals surface area contributed by atoms with Crippen LogP contribution in [0.3, 0.4) is 0 Å². The molecule has 7 nitrogen and oxygen atoms in total. The van der Waals surface area contributed by atoms with Gasteiger partial charge in [-0.05, 0) is 24.3 Å². The summed E-state index contributed by atoms with van der Waals surface area (Å²) in [6.07, 6.45) is 4.25. The number of carbonyl (C=O) groups excluding carboxylic acids is 1. The zero-order valence-corrected chi connectivity index (χ0v) is 15.1. The van der Waals surface area contributed by atoms with E-state index in [2.05, 4.69) is 20.7 Å². The Morgan fingerprint density at radius 3 is 2.71 bits per heavy atom. The van der Waals surface area contributed by atoms with Crippen molar-refractivity contribution in [2.45, 2.75) is 0 Å². The summed E-state index contributed by atoms with van der Waals surface area (Å²) < 4.78 is 27.6. The molecule has 2 heterocycles. The monoisotopic (exact) mass is 405 g/mol. The van der Waals surface area contributed by atoms with Crippen LogP contribution in [0.15, 0.2) is 53.7 Å². The highest BCUT2D eigenvalue weighted by atomic mass is 35.5. The van der Waals surface area contributed by atoms with Crippen molar-refractivity contribution in [2.24, 2.45) is 0 Å². The van der Waals surface area contributed by atoms with E-state index in [9.17, 15) is 18.4 Å². The van der Waals surface area contributed by atoms with Gasteiger partial charge >= 0.3 is 0 Å². The molecule has 3 rings (SSSR count). The second kappa shape index (κ2) is 8.57. The molecule has 0 radical (unpaired) electrons. The summed E-state index contributed by atoms with van der Waals surface area (Å²) in [4.78, 5) is 28.1. The summed E-state index contributed by atoms with van der Waals surface area (Å²) in [6.45, 7) is 0.515. The zero-order valence-electron chi connectivity index (χ0n) is 14.3. The Bertz CT molecular complexity index is 1060. The van der Waals surface area contributed by atoms with Gasteiger partial charge in [0.2, 0.25) is 0 Å². The van der Waals surface area contributed by atoms with Gasteiger partial charge in [-0.3, -0.25) is 14.6 Å². The van der Waals surface area contributed by atoms with Crippen LogP contribution in [0.5, 0.6) is 0 Å². The summed E-state index contributed by atoms with van der Waals surface area (Å²) in [5.74, 6) is -2.00. The molecule has 0 unspecified atom stereocenters. The molecule has 144 valence electrons. The Morgan fingerprint density at radius 1 is 1.18 bits per heavy atom. The number of hydrogen-bond acceptors (Lipinski definition) is 5. The van der Waals surface area contributed by atoms with Crippen molar-refractivity contribution in [3.8, 4) is 5.69 Å². The summed E-state index contributed by atoms with van der Waals surface area (Å²) in [5, 5.41) is 9.20. The Morgan fingerprint density at radius 2 is 2.00 bits per heavy atom. The molecule has 1 amide bonds. The fourth-order valence-electron chi connectivity index (χ4n) is 2.35. The van der Waals surface area contributed by atoms with Crippen molar-refractivity contribution in [1.29, 1.82) is 0 Å². The molecular formula is C18H14ClF2N5O2. The van der Waals surface area contributed by atoms with Gasteiger partial charge in [0.05, 0.1) is 17.4 Å². The standard InChI is InChI=1S/C18H14ClF2N5O2/c19-16-14(23-6-7-24-17(27)11-2-1-5-22-9-11)10-25-26(18(16)28)15-4-3-12(20)8-13(15)21/h1-5,8-10,23H,6-7H2,(H,24,27). The summed E-state index contributed by atoms with van der Waals surface area (Å²) in [7, 11) is 0. The summed E-state index contributed by atoms with van der Waals surface area (Å²) in [5.41, 5.74) is -0.340. The van der Waals surface area contributed by atoms with Gasteiger partial charge in [0.15, 0.2) is 5.82 Å². The van der Waals surface area contributed by atoms with E-state index < -0.39 is 17.2 Å². The van der Waals surface area contributed by atoms with Crippen LogP contribution in [-0.2, 0) is 0 Å². The third kappa shape index (κ3) is 4.32. The van der Waals surface area contributed by atoms with Gasteiger partial charge in [0, 0.05) is 31.5 Å². The van der Waals surface area contributed by atoms with Crippen LogP contribution in [0, 0.1) is 11.6 Å². The average Bonchev–Trinajstić information content (AvgIpc) is 2.69. The molecule has 2 N–H and O–H groups in total. The van der Waals surface area contributed by atoms with Crippen LogP contribution in [-0.4, -0.2) is 33.8 Å². The minimum absolute atomic E-state index is 0.211. The lowest BCUT2D eigenvalue weighted by molar-refractivity contribution is 0.0955. The number of nitrogens with one attached hydrogen (secondary N) is 2. The van der Waals surface area contributed by atoms with E-state index in [0.29, 0.717) is 11.6 Å². The maximum absolute atomic E-state index is 13.9. The third-order valence-corrected chi connectivity index (χ3v) is 4.07. The van der Waals surface area contributed by atoms with Crippen molar-refractivity contribution in [3.63, 3.8) is 0 Å². The highest BCUT2D eigenvalue weighted by Crippen LogP contribution is 2.18. The lowest BCUT2D eigenvalue weighted by Gasteiger charge is -2.11. The highest BCUT2D eigenvalue weighted by Gasteiger charge is 2.14. The highest BCUT2D eigenvalue weighted by molar-refractivity contribution is 6.32. The van der Waals surface area contributed by atoms with Gasteiger partial charge in [0.1, 0.15) is 16.5 Å². The Kier molecular flexibility index (Phi) is 5.95. The SMILES string of the molecule is O=C(NCCNc1cnn(-c2ccc(F)cc2F)c(=O)c1Cl)c1cccnc1. The van der Waals surface area contributed by atoms with Gasteiger partial charge in [-0.25, -0.2) is 8.78 Å². The van der Waals surface area contributed by atoms with E-state index in [1.807, 2.05) is 0 Å². The van der Waals surface area contributed by atoms with Crippen LogP contribution in [0.2, 0.25) is 5.02 Å². The number of rotatable bonds is 6. The summed E-state index contributed by atoms with van der Waals surface area (Å²) >= 11 is 6.04. The van der Waals surface area contributed by atoms with Gasteiger partial charge in [-0.1, -0.05) is 11.6 Å². The quantitative estimate of drug-likeness (QED) is 0.615. The number of benzene rings is 1. The lowest BCUT2D eigenvalue weighted by atomic mass is 10.3. The first kappa shape index (κ1) is 19.4. The fourth-order valence-corrected chi connectivity index (χ4v) is 2.55. The van der Waals surface area contributed by atoms with Gasteiger partial charge in [-0.2, -0.15) is 9.78 Å². The molecule has 0 saturated carbocycles. The maximum Gasteiger partial charge on any atom is 0.292 e. The number of hydrogen-bond donors (Lipinski definition) is 2. The number of nitrogens with zero attached hydrogens (tertiary/aromatic N) is 3. The normalized spacial score (nSPS) is 10.5. The smallest absolute Gasteiger partial charge is 0.292 e. The molecule has 0 spiro atoms. The van der Waals surface area contributed by atoms with Crippen molar-refractivity contribution in [1.82, 2.24) is 20.1 Å². The molecule has 3 aromatic rings. The van der Waals surface area contributed by atoms with Gasteiger partial charge < -0.3 is 10.6 Å². The van der Waals surface area contributed by atoms with Crippen molar-refractivity contribution < 1.29 is 13.6 Å². The van der Waals surface area contributed by atoms with E-state index in [-0.39, 0.29) is 35.4 Å². The minimum atomic E-state index is -0.940. The number of anilines is 1. The van der Waals surface area contributed by atoms with E-state index in [1.54, 1.807) is 18.3 Å². The lowest BCUT2D eigenvalue weighted by Crippen LogP contribution is -2.29. The predicted octanol–water partition coefficient (Wildman–Crippen LogP) is 2.40.